The third-order valence-corrected chi connectivity index (χ3v) is 4.30. The van der Waals surface area contributed by atoms with Gasteiger partial charge >= 0.3 is 5.97 Å². The van der Waals surface area contributed by atoms with Gasteiger partial charge in [0.15, 0.2) is 5.69 Å². The van der Waals surface area contributed by atoms with Crippen LogP contribution in [0.4, 0.5) is 4.39 Å². The van der Waals surface area contributed by atoms with Gasteiger partial charge in [-0.1, -0.05) is 18.2 Å². The molecular formula is C23H17FN2O3. The first-order chi connectivity index (χ1) is 14.1. The van der Waals surface area contributed by atoms with Gasteiger partial charge in [0, 0.05) is 5.56 Å². The van der Waals surface area contributed by atoms with E-state index < -0.39 is 5.97 Å². The van der Waals surface area contributed by atoms with E-state index in [2.05, 4.69) is 5.10 Å². The van der Waals surface area contributed by atoms with Crippen LogP contribution in [-0.2, 0) is 4.74 Å². The fraction of sp³-hybridized carbons (Fsp3) is 0.0435. The molecular weight excluding hydrogens is 371 g/mol. The van der Waals surface area contributed by atoms with Crippen molar-refractivity contribution in [2.45, 2.75) is 0 Å². The molecule has 144 valence electrons. The largest absolute Gasteiger partial charge is 0.464 e. The van der Waals surface area contributed by atoms with Crippen LogP contribution in [0.25, 0.3) is 16.9 Å². The Balaban J connectivity index is 1.66. The average molecular weight is 388 g/mol. The normalized spacial score (nSPS) is 10.6. The summed E-state index contributed by atoms with van der Waals surface area (Å²) in [6.45, 7) is 0. The summed E-state index contributed by atoms with van der Waals surface area (Å²) < 4.78 is 25.4. The Morgan fingerprint density at radius 1 is 0.897 bits per heavy atom. The maximum Gasteiger partial charge on any atom is 0.356 e. The van der Waals surface area contributed by atoms with Gasteiger partial charge in [0.05, 0.1) is 18.5 Å². The molecule has 0 aliphatic heterocycles. The summed E-state index contributed by atoms with van der Waals surface area (Å²) >= 11 is 0. The van der Waals surface area contributed by atoms with Crippen LogP contribution < -0.4 is 4.74 Å². The van der Waals surface area contributed by atoms with Crippen molar-refractivity contribution in [1.82, 2.24) is 9.78 Å². The number of rotatable bonds is 5. The molecule has 0 radical (unpaired) electrons. The van der Waals surface area contributed by atoms with Gasteiger partial charge < -0.3 is 9.47 Å². The first kappa shape index (κ1) is 18.4. The SMILES string of the molecule is COC(=O)c1cc(-c2ccc(Oc3ccccc3)cc2)nn1-c1ccc(F)cc1. The molecule has 1 heterocycles. The molecule has 3 aromatic carbocycles. The minimum atomic E-state index is -0.530. The molecule has 0 amide bonds. The van der Waals surface area contributed by atoms with Crippen LogP contribution in [0.1, 0.15) is 10.5 Å². The van der Waals surface area contributed by atoms with Crippen LogP contribution in [-0.4, -0.2) is 22.9 Å². The number of hydrogen-bond donors (Lipinski definition) is 0. The number of carbonyl (C=O) groups is 1. The lowest BCUT2D eigenvalue weighted by Gasteiger charge is -2.06. The maximum atomic E-state index is 13.3. The maximum absolute atomic E-state index is 13.3. The Labute approximate surface area is 166 Å². The van der Waals surface area contributed by atoms with E-state index in [9.17, 15) is 9.18 Å². The Bertz CT molecular complexity index is 1120. The summed E-state index contributed by atoms with van der Waals surface area (Å²) in [4.78, 5) is 12.2. The molecule has 4 rings (SSSR count). The summed E-state index contributed by atoms with van der Waals surface area (Å²) in [7, 11) is 1.31. The molecule has 0 aliphatic rings. The number of aromatic nitrogens is 2. The van der Waals surface area contributed by atoms with Crippen molar-refractivity contribution < 1.29 is 18.7 Å². The van der Waals surface area contributed by atoms with Crippen LogP contribution in [0, 0.1) is 5.82 Å². The van der Waals surface area contributed by atoms with Crippen molar-refractivity contribution in [2.24, 2.45) is 0 Å². The van der Waals surface area contributed by atoms with E-state index >= 15 is 0 Å². The van der Waals surface area contributed by atoms with Crippen molar-refractivity contribution >= 4 is 5.97 Å². The van der Waals surface area contributed by atoms with E-state index in [0.29, 0.717) is 17.1 Å². The molecule has 0 atom stereocenters. The number of esters is 1. The molecule has 1 aromatic heterocycles. The van der Waals surface area contributed by atoms with Crippen molar-refractivity contribution in [3.63, 3.8) is 0 Å². The van der Waals surface area contributed by atoms with Crippen LogP contribution >= 0.6 is 0 Å². The highest BCUT2D eigenvalue weighted by atomic mass is 19.1. The first-order valence-corrected chi connectivity index (χ1v) is 8.92. The zero-order valence-electron chi connectivity index (χ0n) is 15.6. The van der Waals surface area contributed by atoms with Crippen molar-refractivity contribution in [3.8, 4) is 28.4 Å². The molecule has 4 aromatic rings. The van der Waals surface area contributed by atoms with E-state index in [4.69, 9.17) is 9.47 Å². The van der Waals surface area contributed by atoms with Crippen molar-refractivity contribution in [2.75, 3.05) is 7.11 Å². The molecule has 0 spiro atoms. The molecule has 0 unspecified atom stereocenters. The van der Waals surface area contributed by atoms with Crippen LogP contribution in [0.2, 0.25) is 0 Å². The number of nitrogens with zero attached hydrogens (tertiary/aromatic N) is 2. The van der Waals surface area contributed by atoms with Crippen LogP contribution in [0.15, 0.2) is 84.9 Å². The lowest BCUT2D eigenvalue weighted by molar-refractivity contribution is 0.0590. The predicted octanol–water partition coefficient (Wildman–Crippen LogP) is 5.26. The smallest absolute Gasteiger partial charge is 0.356 e. The zero-order valence-corrected chi connectivity index (χ0v) is 15.6. The number of ether oxygens (including phenoxy) is 2. The Hall–Kier alpha value is -3.93. The van der Waals surface area contributed by atoms with E-state index in [-0.39, 0.29) is 11.5 Å². The van der Waals surface area contributed by atoms with Gasteiger partial charge in [-0.05, 0) is 66.7 Å². The summed E-state index contributed by atoms with van der Waals surface area (Å²) in [6.07, 6.45) is 0. The monoisotopic (exact) mass is 388 g/mol. The predicted molar refractivity (Wildman–Crippen MR) is 107 cm³/mol. The zero-order chi connectivity index (χ0) is 20.2. The first-order valence-electron chi connectivity index (χ1n) is 8.92. The highest BCUT2D eigenvalue weighted by Gasteiger charge is 2.18. The third kappa shape index (κ3) is 4.01. The van der Waals surface area contributed by atoms with Crippen LogP contribution in [0.5, 0.6) is 11.5 Å². The summed E-state index contributed by atoms with van der Waals surface area (Å²) in [5.41, 5.74) is 2.19. The fourth-order valence-electron chi connectivity index (χ4n) is 2.87. The van der Waals surface area contributed by atoms with Gasteiger partial charge in [0.2, 0.25) is 0 Å². The number of methoxy groups -OCH3 is 1. The molecule has 0 aliphatic carbocycles. The lowest BCUT2D eigenvalue weighted by atomic mass is 10.1. The molecule has 0 bridgehead atoms. The Morgan fingerprint density at radius 2 is 1.55 bits per heavy atom. The van der Waals surface area contributed by atoms with Crippen molar-refractivity contribution in [3.05, 3.63) is 96.4 Å². The Morgan fingerprint density at radius 3 is 2.21 bits per heavy atom. The topological polar surface area (TPSA) is 53.4 Å². The minimum Gasteiger partial charge on any atom is -0.464 e. The molecule has 0 saturated carbocycles. The summed E-state index contributed by atoms with van der Waals surface area (Å²) in [6, 6.07) is 24.2. The van der Waals surface area contributed by atoms with E-state index in [1.807, 2.05) is 54.6 Å². The highest BCUT2D eigenvalue weighted by molar-refractivity contribution is 5.89. The number of halogens is 1. The third-order valence-electron chi connectivity index (χ3n) is 4.30. The number of benzene rings is 3. The van der Waals surface area contributed by atoms with Gasteiger partial charge in [0.1, 0.15) is 17.3 Å². The molecule has 6 heteroatoms. The molecule has 0 N–H and O–H groups in total. The standard InChI is InChI=1S/C23H17FN2O3/c1-28-23(27)22-15-21(25-26(22)18-11-9-17(24)10-12-18)16-7-13-20(14-8-16)29-19-5-3-2-4-6-19/h2-15H,1H3. The van der Waals surface area contributed by atoms with Gasteiger partial charge in [-0.3, -0.25) is 0 Å². The minimum absolute atomic E-state index is 0.249. The molecule has 0 fully saturated rings. The molecule has 0 saturated heterocycles. The molecule has 5 nitrogen and oxygen atoms in total. The molecule has 29 heavy (non-hydrogen) atoms. The quantitative estimate of drug-likeness (QED) is 0.438. The lowest BCUT2D eigenvalue weighted by Crippen LogP contribution is -2.10. The summed E-state index contributed by atoms with van der Waals surface area (Å²) in [5, 5.41) is 4.52. The van der Waals surface area contributed by atoms with E-state index in [1.54, 1.807) is 18.2 Å². The number of hydrogen-bond acceptors (Lipinski definition) is 4. The fourth-order valence-corrected chi connectivity index (χ4v) is 2.87. The van der Waals surface area contributed by atoms with E-state index in [0.717, 1.165) is 11.3 Å². The number of carbonyl (C=O) groups excluding carboxylic acids is 1. The second-order valence-corrected chi connectivity index (χ2v) is 6.23. The van der Waals surface area contributed by atoms with Crippen molar-refractivity contribution in [1.29, 1.82) is 0 Å². The van der Waals surface area contributed by atoms with Gasteiger partial charge in [0.25, 0.3) is 0 Å². The Kier molecular flexibility index (Phi) is 5.07. The highest BCUT2D eigenvalue weighted by Crippen LogP contribution is 2.27. The van der Waals surface area contributed by atoms with Gasteiger partial charge in [-0.15, -0.1) is 0 Å². The van der Waals surface area contributed by atoms with Gasteiger partial charge in [-0.25, -0.2) is 13.9 Å². The number of para-hydroxylation sites is 1. The average Bonchev–Trinajstić information content (AvgIpc) is 3.20. The second-order valence-electron chi connectivity index (χ2n) is 6.23. The van der Waals surface area contributed by atoms with E-state index in [1.165, 1.54) is 23.9 Å². The van der Waals surface area contributed by atoms with Crippen LogP contribution in [0.3, 0.4) is 0 Å². The summed E-state index contributed by atoms with van der Waals surface area (Å²) in [5.74, 6) is 0.534. The second kappa shape index (κ2) is 7.98. The van der Waals surface area contributed by atoms with Gasteiger partial charge in [-0.2, -0.15) is 5.10 Å².